The second kappa shape index (κ2) is 3.14. The van der Waals surface area contributed by atoms with Crippen molar-refractivity contribution in [1.29, 1.82) is 0 Å². The van der Waals surface area contributed by atoms with Gasteiger partial charge in [0.15, 0.2) is 0 Å². The fourth-order valence-electron chi connectivity index (χ4n) is 0.603. The van der Waals surface area contributed by atoms with Crippen molar-refractivity contribution < 1.29 is 4.42 Å². The quantitative estimate of drug-likeness (QED) is 0.614. The zero-order chi connectivity index (χ0) is 6.69. The lowest BCUT2D eigenvalue weighted by Gasteiger charge is -1.89. The van der Waals surface area contributed by atoms with Gasteiger partial charge < -0.3 is 4.42 Å². The third kappa shape index (κ3) is 1.41. The van der Waals surface area contributed by atoms with Crippen molar-refractivity contribution in [3.63, 3.8) is 0 Å². The van der Waals surface area contributed by atoms with Gasteiger partial charge in [-0.1, -0.05) is 0 Å². The molecule has 0 saturated carbocycles. The lowest BCUT2D eigenvalue weighted by Crippen LogP contribution is -1.78. The Hall–Kier alpha value is -0.140. The van der Waals surface area contributed by atoms with Crippen molar-refractivity contribution in [1.82, 2.24) is 0 Å². The van der Waals surface area contributed by atoms with Gasteiger partial charge in [-0.3, -0.25) is 0 Å². The van der Waals surface area contributed by atoms with Crippen LogP contribution < -0.4 is 0 Å². The van der Waals surface area contributed by atoms with Crippen LogP contribution in [0.15, 0.2) is 16.7 Å². The summed E-state index contributed by atoms with van der Waals surface area (Å²) in [5.74, 6) is 1.64. The van der Waals surface area contributed by atoms with Crippen molar-refractivity contribution in [2.75, 3.05) is 0 Å². The molecule has 1 aromatic heterocycles. The van der Waals surface area contributed by atoms with E-state index in [1.54, 1.807) is 6.26 Å². The smallest absolute Gasteiger partial charge is 0.122 e. The molecule has 3 heteroatoms. The zero-order valence-electron chi connectivity index (χ0n) is 4.73. The highest BCUT2D eigenvalue weighted by Gasteiger charge is 2.01. The average Bonchev–Trinajstić information content (AvgIpc) is 2.33. The minimum atomic E-state index is 0.398. The van der Waals surface area contributed by atoms with E-state index < -0.39 is 0 Å². The van der Waals surface area contributed by atoms with Crippen LogP contribution in [0.4, 0.5) is 0 Å². The molecule has 0 spiro atoms. The summed E-state index contributed by atoms with van der Waals surface area (Å²) in [6.07, 6.45) is 1.59. The van der Waals surface area contributed by atoms with Crippen molar-refractivity contribution in [3.05, 3.63) is 23.7 Å². The maximum atomic E-state index is 5.53. The first-order valence-electron chi connectivity index (χ1n) is 2.55. The SMILES string of the molecule is ClCc1ccoc1CCl. The molecular formula is C6H6Cl2O. The molecule has 0 amide bonds. The van der Waals surface area contributed by atoms with E-state index in [0.29, 0.717) is 11.8 Å². The second-order valence-corrected chi connectivity index (χ2v) is 2.17. The Morgan fingerprint density at radius 3 is 2.56 bits per heavy atom. The summed E-state index contributed by atoms with van der Waals surface area (Å²) in [4.78, 5) is 0. The van der Waals surface area contributed by atoms with Crippen LogP contribution in [-0.2, 0) is 11.8 Å². The highest BCUT2D eigenvalue weighted by Crippen LogP contribution is 2.14. The monoisotopic (exact) mass is 164 g/mol. The molecule has 0 fully saturated rings. The van der Waals surface area contributed by atoms with E-state index >= 15 is 0 Å². The van der Waals surface area contributed by atoms with Crippen LogP contribution in [0, 0.1) is 0 Å². The van der Waals surface area contributed by atoms with Gasteiger partial charge in [0, 0.05) is 5.56 Å². The molecule has 0 saturated heterocycles. The molecule has 0 bridgehead atoms. The first-order valence-corrected chi connectivity index (χ1v) is 3.62. The molecule has 1 aromatic rings. The first-order chi connectivity index (χ1) is 4.38. The van der Waals surface area contributed by atoms with E-state index in [-0.39, 0.29) is 0 Å². The molecule has 50 valence electrons. The van der Waals surface area contributed by atoms with Crippen LogP contribution in [0.2, 0.25) is 0 Å². The molecule has 9 heavy (non-hydrogen) atoms. The Morgan fingerprint density at radius 1 is 1.33 bits per heavy atom. The normalized spacial score (nSPS) is 10.0. The average molecular weight is 165 g/mol. The van der Waals surface area contributed by atoms with Gasteiger partial charge in [0.05, 0.1) is 18.0 Å². The molecular weight excluding hydrogens is 159 g/mol. The summed E-state index contributed by atoms with van der Waals surface area (Å²) in [6.45, 7) is 0. The van der Waals surface area contributed by atoms with Crippen molar-refractivity contribution in [2.24, 2.45) is 0 Å². The van der Waals surface area contributed by atoms with Gasteiger partial charge in [0.1, 0.15) is 5.76 Å². The van der Waals surface area contributed by atoms with E-state index in [4.69, 9.17) is 27.6 Å². The van der Waals surface area contributed by atoms with Crippen molar-refractivity contribution >= 4 is 23.2 Å². The highest BCUT2D eigenvalue weighted by molar-refractivity contribution is 6.18. The Kier molecular flexibility index (Phi) is 2.43. The molecule has 1 nitrogen and oxygen atoms in total. The third-order valence-corrected chi connectivity index (χ3v) is 1.63. The largest absolute Gasteiger partial charge is 0.468 e. The highest BCUT2D eigenvalue weighted by atomic mass is 35.5. The van der Waals surface area contributed by atoms with Gasteiger partial charge >= 0.3 is 0 Å². The van der Waals surface area contributed by atoms with Gasteiger partial charge in [-0.2, -0.15) is 0 Å². The summed E-state index contributed by atoms with van der Waals surface area (Å²) >= 11 is 11.0. The summed E-state index contributed by atoms with van der Waals surface area (Å²) in [7, 11) is 0. The molecule has 0 unspecified atom stereocenters. The summed E-state index contributed by atoms with van der Waals surface area (Å²) in [5, 5.41) is 0. The first kappa shape index (κ1) is 6.97. The van der Waals surface area contributed by atoms with Gasteiger partial charge in [-0.25, -0.2) is 0 Å². The Morgan fingerprint density at radius 2 is 2.11 bits per heavy atom. The fraction of sp³-hybridized carbons (Fsp3) is 0.333. The lowest BCUT2D eigenvalue weighted by molar-refractivity contribution is 0.526. The molecule has 0 aliphatic carbocycles. The lowest BCUT2D eigenvalue weighted by atomic mass is 10.3. The van der Waals surface area contributed by atoms with E-state index in [1.807, 2.05) is 6.07 Å². The Balaban J connectivity index is 2.85. The maximum Gasteiger partial charge on any atom is 0.122 e. The minimum Gasteiger partial charge on any atom is -0.468 e. The van der Waals surface area contributed by atoms with Gasteiger partial charge in [0.25, 0.3) is 0 Å². The summed E-state index contributed by atoms with van der Waals surface area (Å²) < 4.78 is 4.99. The third-order valence-electron chi connectivity index (χ3n) is 1.10. The van der Waals surface area contributed by atoms with Crippen molar-refractivity contribution in [2.45, 2.75) is 11.8 Å². The van der Waals surface area contributed by atoms with Crippen LogP contribution in [0.1, 0.15) is 11.3 Å². The molecule has 0 aliphatic rings. The molecule has 1 heterocycles. The number of hydrogen-bond donors (Lipinski definition) is 0. The maximum absolute atomic E-state index is 5.53. The predicted molar refractivity (Wildman–Crippen MR) is 37.8 cm³/mol. The topological polar surface area (TPSA) is 13.1 Å². The molecule has 1 rings (SSSR count). The van der Waals surface area contributed by atoms with Gasteiger partial charge in [-0.05, 0) is 6.07 Å². The zero-order valence-corrected chi connectivity index (χ0v) is 6.24. The summed E-state index contributed by atoms with van der Waals surface area (Å²) in [6, 6.07) is 1.82. The minimum absolute atomic E-state index is 0.398. The van der Waals surface area contributed by atoms with Crippen LogP contribution >= 0.6 is 23.2 Å². The number of halogens is 2. The van der Waals surface area contributed by atoms with E-state index in [2.05, 4.69) is 0 Å². The van der Waals surface area contributed by atoms with Crippen molar-refractivity contribution in [3.8, 4) is 0 Å². The standard InChI is InChI=1S/C6H6Cl2O/c7-3-5-1-2-9-6(5)4-8/h1-2H,3-4H2. The second-order valence-electron chi connectivity index (χ2n) is 1.64. The number of rotatable bonds is 2. The van der Waals surface area contributed by atoms with Gasteiger partial charge in [-0.15, -0.1) is 23.2 Å². The Labute approximate surface area is 63.6 Å². The van der Waals surface area contributed by atoms with Crippen LogP contribution in [0.3, 0.4) is 0 Å². The van der Waals surface area contributed by atoms with E-state index in [1.165, 1.54) is 0 Å². The van der Waals surface area contributed by atoms with Crippen LogP contribution in [-0.4, -0.2) is 0 Å². The fourth-order valence-corrected chi connectivity index (χ4v) is 1.08. The molecule has 0 atom stereocenters. The Bertz CT molecular complexity index is 164. The predicted octanol–water partition coefficient (Wildman–Crippen LogP) is 2.76. The van der Waals surface area contributed by atoms with Crippen LogP contribution in [0.25, 0.3) is 0 Å². The van der Waals surface area contributed by atoms with Crippen LogP contribution in [0.5, 0.6) is 0 Å². The number of furan rings is 1. The molecule has 0 N–H and O–H groups in total. The molecule has 0 aliphatic heterocycles. The number of alkyl halides is 2. The molecule has 0 aromatic carbocycles. The van der Waals surface area contributed by atoms with Gasteiger partial charge in [0.2, 0.25) is 0 Å². The summed E-state index contributed by atoms with van der Waals surface area (Å²) in [5.41, 5.74) is 0.978. The van der Waals surface area contributed by atoms with E-state index in [9.17, 15) is 0 Å². The molecule has 0 radical (unpaired) electrons. The van der Waals surface area contributed by atoms with E-state index in [0.717, 1.165) is 11.3 Å². The number of hydrogen-bond acceptors (Lipinski definition) is 1.